The van der Waals surface area contributed by atoms with Gasteiger partial charge in [-0.15, -0.1) is 0 Å². The number of methoxy groups -OCH3 is 1. The van der Waals surface area contributed by atoms with Crippen LogP contribution in [0.3, 0.4) is 0 Å². The van der Waals surface area contributed by atoms with Gasteiger partial charge < -0.3 is 9.84 Å². The first-order valence-electron chi connectivity index (χ1n) is 9.59. The molecule has 3 aromatic rings. The van der Waals surface area contributed by atoms with Crippen LogP contribution in [0.4, 0.5) is 0 Å². The summed E-state index contributed by atoms with van der Waals surface area (Å²) in [5.74, 6) is 2.00. The van der Waals surface area contributed by atoms with Crippen molar-refractivity contribution in [3.63, 3.8) is 0 Å². The highest BCUT2D eigenvalue weighted by atomic mass is 32.1. The average Bonchev–Trinajstić information content (AvgIpc) is 3.08. The average molecular weight is 398 g/mol. The normalized spacial score (nSPS) is 12.2. The summed E-state index contributed by atoms with van der Waals surface area (Å²) in [6.45, 7) is 8.43. The second-order valence-corrected chi connectivity index (χ2v) is 7.46. The minimum atomic E-state index is 0.195. The number of phenolic OH excluding ortho intramolecular Hbond substituents is 1. The van der Waals surface area contributed by atoms with E-state index in [1.54, 1.807) is 13.2 Å². The van der Waals surface area contributed by atoms with Crippen molar-refractivity contribution in [1.29, 1.82) is 0 Å². The molecule has 0 saturated carbocycles. The Morgan fingerprint density at radius 1 is 1.25 bits per heavy atom. The van der Waals surface area contributed by atoms with Gasteiger partial charge in [0.05, 0.1) is 18.4 Å². The molecule has 0 radical (unpaired) electrons. The molecule has 1 aromatic heterocycles. The van der Waals surface area contributed by atoms with Gasteiger partial charge in [-0.1, -0.05) is 20.8 Å². The highest BCUT2D eigenvalue weighted by molar-refractivity contribution is 7.71. The fourth-order valence-electron chi connectivity index (χ4n) is 3.48. The van der Waals surface area contributed by atoms with Gasteiger partial charge in [-0.3, -0.25) is 9.67 Å². The van der Waals surface area contributed by atoms with Gasteiger partial charge in [-0.25, -0.2) is 0 Å². The zero-order chi connectivity index (χ0) is 20.4. The van der Waals surface area contributed by atoms with E-state index in [9.17, 15) is 5.11 Å². The molecule has 6 heteroatoms. The van der Waals surface area contributed by atoms with Crippen molar-refractivity contribution in [2.75, 3.05) is 7.11 Å². The molecule has 1 heterocycles. The maximum Gasteiger partial charge on any atom is 0.200 e. The number of benzene rings is 2. The van der Waals surface area contributed by atoms with Gasteiger partial charge in [0.2, 0.25) is 0 Å². The Hall–Kier alpha value is -2.60. The first kappa shape index (κ1) is 20.1. The van der Waals surface area contributed by atoms with Gasteiger partial charge in [0.1, 0.15) is 11.5 Å². The van der Waals surface area contributed by atoms with Crippen LogP contribution < -0.4 is 4.74 Å². The Labute approximate surface area is 171 Å². The van der Waals surface area contributed by atoms with Gasteiger partial charge >= 0.3 is 0 Å². The van der Waals surface area contributed by atoms with Crippen LogP contribution in [0.5, 0.6) is 11.5 Å². The third kappa shape index (κ3) is 3.56. The van der Waals surface area contributed by atoms with Gasteiger partial charge in [0.15, 0.2) is 10.6 Å². The number of hydrogen-bond acceptors (Lipinski definition) is 4. The van der Waals surface area contributed by atoms with Crippen LogP contribution in [0.25, 0.3) is 17.1 Å². The van der Waals surface area contributed by atoms with Crippen LogP contribution in [0.1, 0.15) is 49.8 Å². The summed E-state index contributed by atoms with van der Waals surface area (Å²) < 4.78 is 7.90. The number of phenols is 1. The predicted molar refractivity (Wildman–Crippen MR) is 115 cm³/mol. The molecular weight excluding hydrogens is 370 g/mol. The molecule has 0 aliphatic carbocycles. The number of hydrogen-bond donors (Lipinski definition) is 2. The van der Waals surface area contributed by atoms with Crippen molar-refractivity contribution in [2.45, 2.75) is 46.5 Å². The summed E-state index contributed by atoms with van der Waals surface area (Å²) in [4.78, 5) is 0. The van der Waals surface area contributed by atoms with E-state index in [1.807, 2.05) is 29.7 Å². The summed E-state index contributed by atoms with van der Waals surface area (Å²) in [7, 11) is 1.69. The fourth-order valence-corrected chi connectivity index (χ4v) is 3.72. The summed E-state index contributed by atoms with van der Waals surface area (Å²) in [6, 6.07) is 9.79. The number of nitrogens with one attached hydrogen (secondary N) is 1. The minimum Gasteiger partial charge on any atom is -0.507 e. The lowest BCUT2D eigenvalue weighted by atomic mass is 9.97. The molecule has 2 N–H and O–H groups in total. The first-order valence-corrected chi connectivity index (χ1v) is 10.0. The van der Waals surface area contributed by atoms with E-state index in [4.69, 9.17) is 17.0 Å². The number of aromatic hydroxyl groups is 1. The maximum absolute atomic E-state index is 10.6. The van der Waals surface area contributed by atoms with Crippen molar-refractivity contribution in [3.8, 4) is 28.6 Å². The Morgan fingerprint density at radius 3 is 2.64 bits per heavy atom. The van der Waals surface area contributed by atoms with Gasteiger partial charge in [0.25, 0.3) is 0 Å². The van der Waals surface area contributed by atoms with Crippen LogP contribution in [0, 0.1) is 11.7 Å². The Kier molecular flexibility index (Phi) is 5.89. The molecule has 28 heavy (non-hydrogen) atoms. The molecular formula is C22H27N3O2S. The molecule has 0 spiro atoms. The van der Waals surface area contributed by atoms with Crippen molar-refractivity contribution >= 4 is 12.2 Å². The van der Waals surface area contributed by atoms with Crippen LogP contribution in [0.2, 0.25) is 0 Å². The number of H-pyrrole nitrogens is 1. The molecule has 0 aliphatic heterocycles. The molecule has 0 bridgehead atoms. The molecule has 0 aliphatic rings. The van der Waals surface area contributed by atoms with Gasteiger partial charge in [-0.05, 0) is 84.9 Å². The quantitative estimate of drug-likeness (QED) is 0.524. The zero-order valence-electron chi connectivity index (χ0n) is 17.0. The molecule has 2 aromatic carbocycles. The monoisotopic (exact) mass is 397 g/mol. The summed E-state index contributed by atoms with van der Waals surface area (Å²) >= 11 is 5.52. The lowest BCUT2D eigenvalue weighted by Gasteiger charge is -2.17. The number of aromatic nitrogens is 3. The van der Waals surface area contributed by atoms with Crippen molar-refractivity contribution in [3.05, 3.63) is 51.8 Å². The largest absolute Gasteiger partial charge is 0.507 e. The second kappa shape index (κ2) is 8.19. The van der Waals surface area contributed by atoms with Crippen molar-refractivity contribution in [1.82, 2.24) is 14.8 Å². The van der Waals surface area contributed by atoms with E-state index in [0.29, 0.717) is 22.1 Å². The number of ether oxygens (including phenoxy) is 1. The van der Waals surface area contributed by atoms with Gasteiger partial charge in [-0.2, -0.15) is 5.10 Å². The van der Waals surface area contributed by atoms with Crippen molar-refractivity contribution < 1.29 is 9.84 Å². The van der Waals surface area contributed by atoms with E-state index < -0.39 is 0 Å². The Morgan fingerprint density at radius 2 is 2.00 bits per heavy atom. The van der Waals surface area contributed by atoms with Crippen molar-refractivity contribution in [2.24, 2.45) is 0 Å². The first-order chi connectivity index (χ1) is 13.4. The molecule has 1 atom stereocenters. The standard InChI is InChI=1S/C22H27N3O2S/c1-6-13(3)17-12-16(8-9-20(17)27-5)25-21(23-24-22(25)28)18-11-15(7-2)14(4)10-19(18)26/h8-13,26H,6-7H2,1-5H3,(H,24,28). The Bertz CT molecular complexity index is 1050. The summed E-state index contributed by atoms with van der Waals surface area (Å²) in [5, 5.41) is 17.9. The van der Waals surface area contributed by atoms with Crippen LogP contribution in [-0.4, -0.2) is 27.0 Å². The lowest BCUT2D eigenvalue weighted by molar-refractivity contribution is 0.406. The molecule has 148 valence electrons. The van der Waals surface area contributed by atoms with Crippen LogP contribution in [0.15, 0.2) is 30.3 Å². The highest BCUT2D eigenvalue weighted by Crippen LogP contribution is 2.35. The SMILES string of the molecule is CCc1cc(-c2n[nH]c(=S)n2-c2ccc(OC)c(C(C)CC)c2)c(O)cc1C. The van der Waals surface area contributed by atoms with Crippen LogP contribution in [-0.2, 0) is 6.42 Å². The summed E-state index contributed by atoms with van der Waals surface area (Å²) in [6.07, 6.45) is 1.88. The van der Waals surface area contributed by atoms with Gasteiger partial charge in [0, 0.05) is 0 Å². The molecule has 0 saturated heterocycles. The minimum absolute atomic E-state index is 0.195. The third-order valence-electron chi connectivity index (χ3n) is 5.36. The molecule has 0 amide bonds. The third-order valence-corrected chi connectivity index (χ3v) is 5.64. The Balaban J connectivity index is 2.22. The van der Waals surface area contributed by atoms with E-state index in [1.165, 1.54) is 5.56 Å². The molecule has 5 nitrogen and oxygen atoms in total. The highest BCUT2D eigenvalue weighted by Gasteiger charge is 2.18. The number of aryl methyl sites for hydroxylation is 2. The number of rotatable bonds is 6. The summed E-state index contributed by atoms with van der Waals surface area (Å²) in [5.41, 5.74) is 4.91. The van der Waals surface area contributed by atoms with E-state index in [0.717, 1.165) is 35.4 Å². The molecule has 1 unspecified atom stereocenters. The van der Waals surface area contributed by atoms with E-state index in [2.05, 4.69) is 37.0 Å². The topological polar surface area (TPSA) is 63.1 Å². The number of nitrogens with zero attached hydrogens (tertiary/aromatic N) is 2. The maximum atomic E-state index is 10.6. The predicted octanol–water partition coefficient (Wildman–Crippen LogP) is 5.70. The molecule has 3 rings (SSSR count). The lowest BCUT2D eigenvalue weighted by Crippen LogP contribution is -2.03. The van der Waals surface area contributed by atoms with E-state index >= 15 is 0 Å². The second-order valence-electron chi connectivity index (χ2n) is 7.07. The number of aromatic amines is 1. The molecule has 0 fully saturated rings. The zero-order valence-corrected chi connectivity index (χ0v) is 17.9. The fraction of sp³-hybridized carbons (Fsp3) is 0.364. The smallest absolute Gasteiger partial charge is 0.200 e. The van der Waals surface area contributed by atoms with Crippen LogP contribution >= 0.6 is 12.2 Å². The van der Waals surface area contributed by atoms with E-state index in [-0.39, 0.29) is 5.75 Å².